The Hall–Kier alpha value is -1.87. The summed E-state index contributed by atoms with van der Waals surface area (Å²) in [6.07, 6.45) is -4.86. The predicted molar refractivity (Wildman–Crippen MR) is 94.3 cm³/mol. The number of amides is 2. The van der Waals surface area contributed by atoms with Crippen molar-refractivity contribution in [1.82, 2.24) is 9.80 Å². The molecule has 1 saturated heterocycles. The first-order chi connectivity index (χ1) is 12.8. The molecular formula is C18H21ClF4N2O3. The number of carbonyl (C=O) groups is 2. The van der Waals surface area contributed by atoms with Crippen LogP contribution in [0.3, 0.4) is 0 Å². The molecule has 1 aromatic rings. The number of halogens is 5. The maximum atomic E-state index is 13.2. The summed E-state index contributed by atoms with van der Waals surface area (Å²) in [6.45, 7) is 2.03. The van der Waals surface area contributed by atoms with Crippen LogP contribution in [0.5, 0.6) is 0 Å². The maximum Gasteiger partial charge on any atom is 0.426 e. The molecule has 0 aliphatic carbocycles. The van der Waals surface area contributed by atoms with Gasteiger partial charge in [-0.3, -0.25) is 9.59 Å². The lowest BCUT2D eigenvalue weighted by atomic mass is 9.90. The minimum absolute atomic E-state index is 0.0432. The molecule has 5 nitrogen and oxygen atoms in total. The number of benzene rings is 1. The van der Waals surface area contributed by atoms with Crippen LogP contribution >= 0.6 is 11.6 Å². The Morgan fingerprint density at radius 3 is 2.43 bits per heavy atom. The fourth-order valence-electron chi connectivity index (χ4n) is 3.33. The molecule has 0 unspecified atom stereocenters. The van der Waals surface area contributed by atoms with Crippen LogP contribution in [0, 0.1) is 11.7 Å². The van der Waals surface area contributed by atoms with Crippen LogP contribution < -0.4 is 0 Å². The third-order valence-corrected chi connectivity index (χ3v) is 5.41. The van der Waals surface area contributed by atoms with E-state index in [1.54, 1.807) is 6.92 Å². The summed E-state index contributed by atoms with van der Waals surface area (Å²) in [5, 5.41) is 9.55. The van der Waals surface area contributed by atoms with Gasteiger partial charge in [-0.05, 0) is 37.5 Å². The van der Waals surface area contributed by atoms with E-state index in [-0.39, 0.29) is 42.1 Å². The SMILES string of the molecule is C[C@H]1CN(C(=O)[C@@](C)(O)C(F)(F)F)CC[C@H]1N(C)C(=O)c1ccc(F)cc1Cl. The van der Waals surface area contributed by atoms with Gasteiger partial charge in [0.2, 0.25) is 5.60 Å². The lowest BCUT2D eigenvalue weighted by molar-refractivity contribution is -0.251. The van der Waals surface area contributed by atoms with Gasteiger partial charge in [-0.25, -0.2) is 4.39 Å². The van der Waals surface area contributed by atoms with Gasteiger partial charge in [-0.1, -0.05) is 18.5 Å². The van der Waals surface area contributed by atoms with Crippen LogP contribution in [0.4, 0.5) is 17.6 Å². The fourth-order valence-corrected chi connectivity index (χ4v) is 3.57. The van der Waals surface area contributed by atoms with Gasteiger partial charge in [-0.15, -0.1) is 0 Å². The normalized spacial score (nSPS) is 22.5. The topological polar surface area (TPSA) is 60.9 Å². The quantitative estimate of drug-likeness (QED) is 0.758. The van der Waals surface area contributed by atoms with Crippen molar-refractivity contribution < 1.29 is 32.3 Å². The molecule has 1 heterocycles. The first-order valence-corrected chi connectivity index (χ1v) is 8.96. The van der Waals surface area contributed by atoms with Crippen LogP contribution in [0.2, 0.25) is 5.02 Å². The summed E-state index contributed by atoms with van der Waals surface area (Å²) >= 11 is 5.93. The molecule has 0 spiro atoms. The lowest BCUT2D eigenvalue weighted by Crippen LogP contribution is -2.60. The van der Waals surface area contributed by atoms with Crippen molar-refractivity contribution in [3.05, 3.63) is 34.6 Å². The number of alkyl halides is 3. The largest absolute Gasteiger partial charge is 0.426 e. The van der Waals surface area contributed by atoms with Crippen molar-refractivity contribution in [3.8, 4) is 0 Å². The van der Waals surface area contributed by atoms with Crippen LogP contribution in [-0.4, -0.2) is 64.7 Å². The number of aliphatic hydroxyl groups is 1. The van der Waals surface area contributed by atoms with E-state index in [4.69, 9.17) is 11.6 Å². The number of piperidine rings is 1. The van der Waals surface area contributed by atoms with E-state index >= 15 is 0 Å². The highest BCUT2D eigenvalue weighted by molar-refractivity contribution is 6.33. The second-order valence-electron chi connectivity index (χ2n) is 7.19. The van der Waals surface area contributed by atoms with Gasteiger partial charge in [0.25, 0.3) is 11.8 Å². The van der Waals surface area contributed by atoms with Crippen LogP contribution in [0.15, 0.2) is 18.2 Å². The van der Waals surface area contributed by atoms with Gasteiger partial charge in [0.15, 0.2) is 0 Å². The molecule has 2 rings (SSSR count). The number of hydrogen-bond donors (Lipinski definition) is 1. The molecule has 0 saturated carbocycles. The Bertz CT molecular complexity index is 770. The maximum absolute atomic E-state index is 13.2. The molecule has 1 aliphatic rings. The molecular weight excluding hydrogens is 404 g/mol. The Balaban J connectivity index is 2.11. The third kappa shape index (κ3) is 4.25. The Labute approximate surface area is 164 Å². The zero-order chi connectivity index (χ0) is 21.4. The summed E-state index contributed by atoms with van der Waals surface area (Å²) in [7, 11) is 1.52. The highest BCUT2D eigenvalue weighted by Crippen LogP contribution is 2.33. The van der Waals surface area contributed by atoms with Gasteiger partial charge in [-0.2, -0.15) is 13.2 Å². The average molecular weight is 425 g/mol. The highest BCUT2D eigenvalue weighted by Gasteiger charge is 2.57. The van der Waals surface area contributed by atoms with Crippen molar-refractivity contribution in [2.75, 3.05) is 20.1 Å². The van der Waals surface area contributed by atoms with Gasteiger partial charge in [0.1, 0.15) is 5.82 Å². The van der Waals surface area contributed by atoms with E-state index in [9.17, 15) is 32.3 Å². The standard InChI is InChI=1S/C18H21ClF4N2O3/c1-10-9-25(16(27)17(2,28)18(21,22)23)7-6-14(10)24(3)15(26)12-5-4-11(20)8-13(12)19/h4-5,8,10,14,28H,6-7,9H2,1-3H3/t10-,14+,17+/m0/s1. The molecule has 1 aromatic carbocycles. The van der Waals surface area contributed by atoms with Crippen molar-refractivity contribution in [3.63, 3.8) is 0 Å². The minimum atomic E-state index is -5.09. The molecule has 0 aromatic heterocycles. The number of rotatable bonds is 3. The number of likely N-dealkylation sites (tertiary alicyclic amines) is 1. The molecule has 28 heavy (non-hydrogen) atoms. The molecule has 10 heteroatoms. The first kappa shape index (κ1) is 22.4. The lowest BCUT2D eigenvalue weighted by Gasteiger charge is -2.43. The molecule has 0 bridgehead atoms. The van der Waals surface area contributed by atoms with Gasteiger partial charge < -0.3 is 14.9 Å². The fraction of sp³-hybridized carbons (Fsp3) is 0.556. The summed E-state index contributed by atoms with van der Waals surface area (Å²) in [4.78, 5) is 27.2. The van der Waals surface area contributed by atoms with Crippen molar-refractivity contribution in [1.29, 1.82) is 0 Å². The Kier molecular flexibility index (Phi) is 6.30. The van der Waals surface area contributed by atoms with Crippen LogP contribution in [-0.2, 0) is 4.79 Å². The van der Waals surface area contributed by atoms with Crippen molar-refractivity contribution in [2.24, 2.45) is 5.92 Å². The molecule has 156 valence electrons. The minimum Gasteiger partial charge on any atom is -0.373 e. The Morgan fingerprint density at radius 2 is 1.93 bits per heavy atom. The van der Waals surface area contributed by atoms with Crippen molar-refractivity contribution >= 4 is 23.4 Å². The molecule has 3 atom stereocenters. The summed E-state index contributed by atoms with van der Waals surface area (Å²) < 4.78 is 51.9. The van der Waals surface area contributed by atoms with Crippen LogP contribution in [0.25, 0.3) is 0 Å². The van der Waals surface area contributed by atoms with E-state index in [0.29, 0.717) is 6.92 Å². The van der Waals surface area contributed by atoms with Crippen molar-refractivity contribution in [2.45, 2.75) is 38.1 Å². The average Bonchev–Trinajstić information content (AvgIpc) is 2.58. The zero-order valence-corrected chi connectivity index (χ0v) is 16.3. The summed E-state index contributed by atoms with van der Waals surface area (Å²) in [5.74, 6) is -2.80. The highest BCUT2D eigenvalue weighted by atomic mass is 35.5. The van der Waals surface area contributed by atoms with Crippen LogP contribution in [0.1, 0.15) is 30.6 Å². The zero-order valence-electron chi connectivity index (χ0n) is 15.6. The van der Waals surface area contributed by atoms with E-state index in [2.05, 4.69) is 0 Å². The molecule has 0 radical (unpaired) electrons. The third-order valence-electron chi connectivity index (χ3n) is 5.09. The summed E-state index contributed by atoms with van der Waals surface area (Å²) in [5.41, 5.74) is -3.36. The van der Waals surface area contributed by atoms with E-state index < -0.39 is 29.4 Å². The van der Waals surface area contributed by atoms with Gasteiger partial charge in [0, 0.05) is 26.2 Å². The molecule has 1 aliphatic heterocycles. The first-order valence-electron chi connectivity index (χ1n) is 8.58. The monoisotopic (exact) mass is 424 g/mol. The second-order valence-corrected chi connectivity index (χ2v) is 7.60. The van der Waals surface area contributed by atoms with Gasteiger partial charge >= 0.3 is 6.18 Å². The van der Waals surface area contributed by atoms with E-state index in [1.165, 1.54) is 18.0 Å². The Morgan fingerprint density at radius 1 is 1.32 bits per heavy atom. The molecule has 1 fully saturated rings. The number of hydrogen-bond acceptors (Lipinski definition) is 3. The number of nitrogens with zero attached hydrogens (tertiary/aromatic N) is 2. The molecule has 2 amide bonds. The molecule has 1 N–H and O–H groups in total. The smallest absolute Gasteiger partial charge is 0.373 e. The van der Waals surface area contributed by atoms with E-state index in [0.717, 1.165) is 17.0 Å². The van der Waals surface area contributed by atoms with Gasteiger partial charge in [0.05, 0.1) is 10.6 Å². The predicted octanol–water partition coefficient (Wildman–Crippen LogP) is 3.10. The number of carbonyl (C=O) groups excluding carboxylic acids is 2. The summed E-state index contributed by atoms with van der Waals surface area (Å²) in [6, 6.07) is 3.03. The second kappa shape index (κ2) is 7.87. The van der Waals surface area contributed by atoms with E-state index in [1.807, 2.05) is 0 Å².